The molecular formula is C17H21N3O3S. The summed E-state index contributed by atoms with van der Waals surface area (Å²) in [4.78, 5) is 12.0. The second kappa shape index (κ2) is 7.29. The number of carbonyl (C=O) groups is 1. The molecule has 1 amide bonds. The van der Waals surface area contributed by atoms with Crippen molar-refractivity contribution in [1.29, 1.82) is 0 Å². The molecule has 3 N–H and O–H groups in total. The van der Waals surface area contributed by atoms with Crippen molar-refractivity contribution >= 4 is 26.7 Å². The van der Waals surface area contributed by atoms with Gasteiger partial charge in [-0.05, 0) is 35.9 Å². The van der Waals surface area contributed by atoms with Crippen LogP contribution in [0.3, 0.4) is 0 Å². The number of carbonyl (C=O) groups excluding carboxylic acids is 1. The monoisotopic (exact) mass is 347 g/mol. The highest BCUT2D eigenvalue weighted by atomic mass is 32.2. The highest BCUT2D eigenvalue weighted by Crippen LogP contribution is 2.18. The van der Waals surface area contributed by atoms with Gasteiger partial charge in [-0.1, -0.05) is 30.3 Å². The summed E-state index contributed by atoms with van der Waals surface area (Å²) >= 11 is 0. The Bertz CT molecular complexity index is 830. The Labute approximate surface area is 141 Å². The zero-order valence-electron chi connectivity index (χ0n) is 13.3. The van der Waals surface area contributed by atoms with Crippen LogP contribution in [0.2, 0.25) is 0 Å². The van der Waals surface area contributed by atoms with Gasteiger partial charge >= 0.3 is 0 Å². The first kappa shape index (κ1) is 16.9. The van der Waals surface area contributed by atoms with E-state index in [0.717, 1.165) is 30.3 Å². The van der Waals surface area contributed by atoms with E-state index in [1.807, 2.05) is 24.3 Å². The fourth-order valence-electron chi connectivity index (χ4n) is 2.79. The molecule has 1 unspecified atom stereocenters. The third-order valence-electron chi connectivity index (χ3n) is 4.10. The van der Waals surface area contributed by atoms with E-state index in [-0.39, 0.29) is 29.8 Å². The largest absolute Gasteiger partial charge is 0.352 e. The van der Waals surface area contributed by atoms with Gasteiger partial charge in [-0.15, -0.1) is 0 Å². The van der Waals surface area contributed by atoms with Crippen molar-refractivity contribution in [3.63, 3.8) is 0 Å². The Hall–Kier alpha value is -1.96. The van der Waals surface area contributed by atoms with Gasteiger partial charge in [0.25, 0.3) is 0 Å². The van der Waals surface area contributed by atoms with Crippen LogP contribution in [0.25, 0.3) is 10.8 Å². The van der Waals surface area contributed by atoms with Crippen molar-refractivity contribution in [1.82, 2.24) is 15.4 Å². The van der Waals surface area contributed by atoms with E-state index in [1.165, 1.54) is 0 Å². The van der Waals surface area contributed by atoms with Crippen molar-refractivity contribution in [2.75, 3.05) is 19.6 Å². The van der Waals surface area contributed by atoms with Crippen LogP contribution in [0.15, 0.2) is 47.4 Å². The van der Waals surface area contributed by atoms with Gasteiger partial charge in [-0.25, -0.2) is 13.1 Å². The summed E-state index contributed by atoms with van der Waals surface area (Å²) in [6.07, 6.45) is 1.04. The van der Waals surface area contributed by atoms with E-state index in [2.05, 4.69) is 15.4 Å². The van der Waals surface area contributed by atoms with E-state index in [4.69, 9.17) is 0 Å². The SMILES string of the molecule is O=C(CCNS(=O)(=O)c1ccc2ccccc2c1)NC1CCNC1. The summed E-state index contributed by atoms with van der Waals surface area (Å²) in [5, 5.41) is 7.92. The van der Waals surface area contributed by atoms with Crippen LogP contribution >= 0.6 is 0 Å². The lowest BCUT2D eigenvalue weighted by Crippen LogP contribution is -2.38. The molecule has 1 atom stereocenters. The quantitative estimate of drug-likeness (QED) is 0.727. The lowest BCUT2D eigenvalue weighted by Gasteiger charge is -2.12. The third kappa shape index (κ3) is 4.11. The molecule has 2 aromatic carbocycles. The number of amides is 1. The highest BCUT2D eigenvalue weighted by molar-refractivity contribution is 7.89. The predicted molar refractivity (Wildman–Crippen MR) is 93.2 cm³/mol. The molecule has 1 heterocycles. The Morgan fingerprint density at radius 3 is 2.71 bits per heavy atom. The van der Waals surface area contributed by atoms with Gasteiger partial charge < -0.3 is 10.6 Å². The van der Waals surface area contributed by atoms with Crippen molar-refractivity contribution in [2.45, 2.75) is 23.8 Å². The summed E-state index contributed by atoms with van der Waals surface area (Å²) in [5.41, 5.74) is 0. The van der Waals surface area contributed by atoms with Crippen LogP contribution in [0.5, 0.6) is 0 Å². The smallest absolute Gasteiger partial charge is 0.240 e. The number of rotatable bonds is 6. The summed E-state index contributed by atoms with van der Waals surface area (Å²) in [5.74, 6) is -0.134. The first-order chi connectivity index (χ1) is 11.5. The van der Waals surface area contributed by atoms with Gasteiger partial charge in [0, 0.05) is 25.6 Å². The van der Waals surface area contributed by atoms with Gasteiger partial charge in [0.2, 0.25) is 15.9 Å². The Kier molecular flexibility index (Phi) is 5.13. The molecule has 0 aliphatic carbocycles. The number of sulfonamides is 1. The average Bonchev–Trinajstić information content (AvgIpc) is 3.07. The van der Waals surface area contributed by atoms with E-state index < -0.39 is 10.0 Å². The minimum atomic E-state index is -3.62. The molecule has 0 bridgehead atoms. The van der Waals surface area contributed by atoms with Crippen LogP contribution < -0.4 is 15.4 Å². The second-order valence-electron chi connectivity index (χ2n) is 5.91. The van der Waals surface area contributed by atoms with Crippen LogP contribution in [-0.2, 0) is 14.8 Å². The van der Waals surface area contributed by atoms with Crippen LogP contribution in [0, 0.1) is 0 Å². The normalized spacial score (nSPS) is 17.9. The molecule has 0 aromatic heterocycles. The number of benzene rings is 2. The number of hydrogen-bond donors (Lipinski definition) is 3. The molecule has 1 aliphatic rings. The molecule has 24 heavy (non-hydrogen) atoms. The van der Waals surface area contributed by atoms with Gasteiger partial charge in [0.15, 0.2) is 0 Å². The minimum absolute atomic E-state index is 0.0845. The van der Waals surface area contributed by atoms with Gasteiger partial charge in [0.1, 0.15) is 0 Å². The summed E-state index contributed by atoms with van der Waals surface area (Å²) < 4.78 is 27.2. The lowest BCUT2D eigenvalue weighted by molar-refractivity contribution is -0.121. The van der Waals surface area contributed by atoms with Crippen molar-refractivity contribution < 1.29 is 13.2 Å². The Morgan fingerprint density at radius 2 is 1.96 bits per heavy atom. The summed E-state index contributed by atoms with van der Waals surface area (Å²) in [6, 6.07) is 12.7. The molecular weight excluding hydrogens is 326 g/mol. The average molecular weight is 347 g/mol. The Morgan fingerprint density at radius 1 is 1.17 bits per heavy atom. The summed E-state index contributed by atoms with van der Waals surface area (Å²) in [7, 11) is -3.62. The molecule has 2 aromatic rings. The molecule has 1 fully saturated rings. The minimum Gasteiger partial charge on any atom is -0.352 e. The molecule has 6 nitrogen and oxygen atoms in total. The maximum atomic E-state index is 12.3. The molecule has 0 radical (unpaired) electrons. The number of hydrogen-bond acceptors (Lipinski definition) is 4. The first-order valence-corrected chi connectivity index (χ1v) is 9.51. The summed E-state index contributed by atoms with van der Waals surface area (Å²) in [6.45, 7) is 1.76. The van der Waals surface area contributed by atoms with E-state index in [1.54, 1.807) is 18.2 Å². The molecule has 0 spiro atoms. The zero-order valence-corrected chi connectivity index (χ0v) is 14.1. The molecule has 1 aliphatic heterocycles. The molecule has 3 rings (SSSR count). The molecule has 128 valence electrons. The fraction of sp³-hybridized carbons (Fsp3) is 0.353. The molecule has 0 saturated carbocycles. The van der Waals surface area contributed by atoms with Crippen LogP contribution in [0.4, 0.5) is 0 Å². The molecule has 1 saturated heterocycles. The second-order valence-corrected chi connectivity index (χ2v) is 7.68. The van der Waals surface area contributed by atoms with Gasteiger partial charge in [-0.3, -0.25) is 4.79 Å². The van der Waals surface area contributed by atoms with Crippen molar-refractivity contribution in [3.8, 4) is 0 Å². The van der Waals surface area contributed by atoms with Crippen molar-refractivity contribution in [2.24, 2.45) is 0 Å². The lowest BCUT2D eigenvalue weighted by atomic mass is 10.1. The standard InChI is InChI=1S/C17H21N3O3S/c21-17(20-15-7-9-18-12-15)8-10-19-24(22,23)16-6-5-13-3-1-2-4-14(13)11-16/h1-6,11,15,18-19H,7-10,12H2,(H,20,21). The van der Waals surface area contributed by atoms with E-state index in [0.29, 0.717) is 0 Å². The topological polar surface area (TPSA) is 87.3 Å². The van der Waals surface area contributed by atoms with E-state index >= 15 is 0 Å². The Balaban J connectivity index is 1.57. The maximum absolute atomic E-state index is 12.3. The highest BCUT2D eigenvalue weighted by Gasteiger charge is 2.18. The van der Waals surface area contributed by atoms with Crippen LogP contribution in [-0.4, -0.2) is 40.0 Å². The van der Waals surface area contributed by atoms with Gasteiger partial charge in [-0.2, -0.15) is 0 Å². The zero-order chi connectivity index (χ0) is 17.0. The third-order valence-corrected chi connectivity index (χ3v) is 5.56. The number of nitrogens with one attached hydrogen (secondary N) is 3. The van der Waals surface area contributed by atoms with Crippen LogP contribution in [0.1, 0.15) is 12.8 Å². The van der Waals surface area contributed by atoms with Gasteiger partial charge in [0.05, 0.1) is 4.90 Å². The first-order valence-electron chi connectivity index (χ1n) is 8.03. The molecule has 7 heteroatoms. The van der Waals surface area contributed by atoms with Crippen molar-refractivity contribution in [3.05, 3.63) is 42.5 Å². The van der Waals surface area contributed by atoms with E-state index in [9.17, 15) is 13.2 Å². The maximum Gasteiger partial charge on any atom is 0.240 e. The predicted octanol–water partition coefficient (Wildman–Crippen LogP) is 0.986. The fourth-order valence-corrected chi connectivity index (χ4v) is 3.86. The number of fused-ring (bicyclic) bond motifs is 1.